The van der Waals surface area contributed by atoms with Gasteiger partial charge < -0.3 is 5.32 Å². The average Bonchev–Trinajstić information content (AvgIpc) is 2.57. The monoisotopic (exact) mass is 332 g/mol. The molecule has 2 aromatic rings. The number of carbonyl (C=O) groups is 1. The number of likely N-dealkylation sites (N-methyl/N-ethyl adjacent to an activating group) is 1. The maximum Gasteiger partial charge on any atom is 0.241 e. The van der Waals surface area contributed by atoms with Crippen molar-refractivity contribution in [3.8, 4) is 0 Å². The Morgan fingerprint density at radius 3 is 2.33 bits per heavy atom. The van der Waals surface area contributed by atoms with E-state index in [9.17, 15) is 13.6 Å². The van der Waals surface area contributed by atoms with E-state index in [1.807, 2.05) is 24.1 Å². The molecular formula is C19H22F2N2O. The van der Waals surface area contributed by atoms with Crippen LogP contribution in [-0.2, 0) is 17.8 Å². The molecule has 0 aliphatic carbocycles. The van der Waals surface area contributed by atoms with E-state index in [2.05, 4.69) is 24.4 Å². The van der Waals surface area contributed by atoms with Crippen molar-refractivity contribution in [2.24, 2.45) is 0 Å². The molecule has 0 fully saturated rings. The number of anilines is 1. The van der Waals surface area contributed by atoms with Gasteiger partial charge >= 0.3 is 0 Å². The summed E-state index contributed by atoms with van der Waals surface area (Å²) in [7, 11) is 1.83. The Kier molecular flexibility index (Phi) is 6.04. The molecule has 3 nitrogen and oxygen atoms in total. The summed E-state index contributed by atoms with van der Waals surface area (Å²) in [5, 5.41) is 2.50. The van der Waals surface area contributed by atoms with Crippen LogP contribution in [0.15, 0.2) is 42.5 Å². The lowest BCUT2D eigenvalue weighted by atomic mass is 10.1. The smallest absolute Gasteiger partial charge is 0.241 e. The SMILES string of the molecule is CCc1ccc(CN(C)C(C)C(=O)Nc2ccc(F)cc2F)cc1. The molecule has 1 N–H and O–H groups in total. The lowest BCUT2D eigenvalue weighted by Gasteiger charge is -2.24. The van der Waals surface area contributed by atoms with Gasteiger partial charge in [0.05, 0.1) is 11.7 Å². The summed E-state index contributed by atoms with van der Waals surface area (Å²) >= 11 is 0. The maximum atomic E-state index is 13.6. The van der Waals surface area contributed by atoms with Crippen molar-refractivity contribution in [1.82, 2.24) is 4.90 Å². The van der Waals surface area contributed by atoms with Gasteiger partial charge in [-0.15, -0.1) is 0 Å². The highest BCUT2D eigenvalue weighted by atomic mass is 19.1. The summed E-state index contributed by atoms with van der Waals surface area (Å²) in [6, 6.07) is 10.9. The van der Waals surface area contributed by atoms with E-state index in [1.54, 1.807) is 6.92 Å². The first kappa shape index (κ1) is 18.1. The standard InChI is InChI=1S/C19H22F2N2O/c1-4-14-5-7-15(8-6-14)12-23(3)13(2)19(24)22-18-10-9-16(20)11-17(18)21/h5-11,13H,4,12H2,1-3H3,(H,22,24). The molecule has 1 amide bonds. The molecule has 0 bridgehead atoms. The van der Waals surface area contributed by atoms with Gasteiger partial charge in [0.15, 0.2) is 0 Å². The van der Waals surface area contributed by atoms with Crippen molar-refractivity contribution in [1.29, 1.82) is 0 Å². The van der Waals surface area contributed by atoms with Crippen LogP contribution in [0, 0.1) is 11.6 Å². The maximum absolute atomic E-state index is 13.6. The number of carbonyl (C=O) groups excluding carboxylic acids is 1. The molecule has 2 aromatic carbocycles. The predicted octanol–water partition coefficient (Wildman–Crippen LogP) is 3.99. The molecule has 0 aromatic heterocycles. The van der Waals surface area contributed by atoms with Crippen molar-refractivity contribution >= 4 is 11.6 Å². The number of halogens is 2. The number of amides is 1. The van der Waals surface area contributed by atoms with Crippen LogP contribution in [0.1, 0.15) is 25.0 Å². The second kappa shape index (κ2) is 8.02. The van der Waals surface area contributed by atoms with E-state index in [0.29, 0.717) is 6.54 Å². The van der Waals surface area contributed by atoms with Crippen LogP contribution >= 0.6 is 0 Å². The Labute approximate surface area is 141 Å². The number of rotatable bonds is 6. The Morgan fingerprint density at radius 1 is 1.12 bits per heavy atom. The second-order valence-corrected chi connectivity index (χ2v) is 5.87. The van der Waals surface area contributed by atoms with Crippen molar-refractivity contribution < 1.29 is 13.6 Å². The fourth-order valence-corrected chi connectivity index (χ4v) is 2.33. The average molecular weight is 332 g/mol. The Morgan fingerprint density at radius 2 is 1.75 bits per heavy atom. The molecule has 128 valence electrons. The molecule has 5 heteroatoms. The predicted molar refractivity (Wildman–Crippen MR) is 91.7 cm³/mol. The topological polar surface area (TPSA) is 32.3 Å². The lowest BCUT2D eigenvalue weighted by Crippen LogP contribution is -2.39. The third kappa shape index (κ3) is 4.61. The van der Waals surface area contributed by atoms with Crippen LogP contribution in [0.3, 0.4) is 0 Å². The van der Waals surface area contributed by atoms with E-state index in [1.165, 1.54) is 11.6 Å². The normalized spacial score (nSPS) is 12.2. The van der Waals surface area contributed by atoms with Gasteiger partial charge in [-0.3, -0.25) is 9.69 Å². The largest absolute Gasteiger partial charge is 0.322 e. The van der Waals surface area contributed by atoms with E-state index in [0.717, 1.165) is 24.1 Å². The van der Waals surface area contributed by atoms with Crippen LogP contribution in [0.4, 0.5) is 14.5 Å². The minimum Gasteiger partial charge on any atom is -0.322 e. The molecule has 0 heterocycles. The number of nitrogens with zero attached hydrogens (tertiary/aromatic N) is 1. The summed E-state index contributed by atoms with van der Waals surface area (Å²) in [5.74, 6) is -1.80. The van der Waals surface area contributed by atoms with Crippen LogP contribution in [0.5, 0.6) is 0 Å². The number of hydrogen-bond acceptors (Lipinski definition) is 2. The van der Waals surface area contributed by atoms with E-state index in [-0.39, 0.29) is 11.6 Å². The first-order valence-corrected chi connectivity index (χ1v) is 7.94. The van der Waals surface area contributed by atoms with Crippen molar-refractivity contribution in [3.05, 3.63) is 65.2 Å². The van der Waals surface area contributed by atoms with Crippen LogP contribution in [0.2, 0.25) is 0 Å². The molecule has 0 aliphatic heterocycles. The molecule has 0 radical (unpaired) electrons. The summed E-state index contributed by atoms with van der Waals surface area (Å²) in [6.07, 6.45) is 0.984. The highest BCUT2D eigenvalue weighted by Crippen LogP contribution is 2.16. The van der Waals surface area contributed by atoms with Gasteiger partial charge in [0.25, 0.3) is 0 Å². The van der Waals surface area contributed by atoms with Gasteiger partial charge in [0.1, 0.15) is 11.6 Å². The summed E-state index contributed by atoms with van der Waals surface area (Å²) < 4.78 is 26.5. The zero-order valence-corrected chi connectivity index (χ0v) is 14.1. The first-order chi connectivity index (χ1) is 11.4. The van der Waals surface area contributed by atoms with Crippen molar-refractivity contribution in [3.63, 3.8) is 0 Å². The Bertz CT molecular complexity index is 701. The number of aryl methyl sites for hydroxylation is 1. The zero-order valence-electron chi connectivity index (χ0n) is 14.1. The molecule has 24 heavy (non-hydrogen) atoms. The molecule has 1 unspecified atom stereocenters. The second-order valence-electron chi connectivity index (χ2n) is 5.87. The molecular weight excluding hydrogens is 310 g/mol. The lowest BCUT2D eigenvalue weighted by molar-refractivity contribution is -0.120. The fourth-order valence-electron chi connectivity index (χ4n) is 2.33. The highest BCUT2D eigenvalue weighted by molar-refractivity contribution is 5.94. The Balaban J connectivity index is 1.98. The molecule has 1 atom stereocenters. The van der Waals surface area contributed by atoms with Crippen LogP contribution < -0.4 is 5.32 Å². The molecule has 2 rings (SSSR count). The minimum absolute atomic E-state index is 0.0195. The molecule has 0 spiro atoms. The molecule has 0 saturated heterocycles. The van der Waals surface area contributed by atoms with E-state index >= 15 is 0 Å². The van der Waals surface area contributed by atoms with Crippen LogP contribution in [-0.4, -0.2) is 23.9 Å². The summed E-state index contributed by atoms with van der Waals surface area (Å²) in [5.41, 5.74) is 2.34. The summed E-state index contributed by atoms with van der Waals surface area (Å²) in [4.78, 5) is 14.1. The molecule has 0 aliphatic rings. The number of hydrogen-bond donors (Lipinski definition) is 1. The van der Waals surface area contributed by atoms with Crippen molar-refractivity contribution in [2.75, 3.05) is 12.4 Å². The minimum atomic E-state index is -0.784. The first-order valence-electron chi connectivity index (χ1n) is 7.94. The van der Waals surface area contributed by atoms with Gasteiger partial charge in [-0.2, -0.15) is 0 Å². The third-order valence-corrected chi connectivity index (χ3v) is 4.09. The fraction of sp³-hybridized carbons (Fsp3) is 0.316. The zero-order chi connectivity index (χ0) is 17.7. The van der Waals surface area contributed by atoms with Gasteiger partial charge in [-0.1, -0.05) is 31.2 Å². The molecule has 0 saturated carbocycles. The van der Waals surface area contributed by atoms with E-state index < -0.39 is 17.7 Å². The number of nitrogens with one attached hydrogen (secondary N) is 1. The van der Waals surface area contributed by atoms with Gasteiger partial charge in [-0.25, -0.2) is 8.78 Å². The van der Waals surface area contributed by atoms with Gasteiger partial charge in [-0.05, 0) is 43.7 Å². The highest BCUT2D eigenvalue weighted by Gasteiger charge is 2.19. The third-order valence-electron chi connectivity index (χ3n) is 4.09. The number of benzene rings is 2. The van der Waals surface area contributed by atoms with Crippen LogP contribution in [0.25, 0.3) is 0 Å². The van der Waals surface area contributed by atoms with Crippen molar-refractivity contribution in [2.45, 2.75) is 32.9 Å². The van der Waals surface area contributed by atoms with Gasteiger partial charge in [0.2, 0.25) is 5.91 Å². The quantitative estimate of drug-likeness (QED) is 0.867. The van der Waals surface area contributed by atoms with Gasteiger partial charge in [0, 0.05) is 12.6 Å². The Hall–Kier alpha value is -2.27. The summed E-state index contributed by atoms with van der Waals surface area (Å²) in [6.45, 7) is 4.45. The van der Waals surface area contributed by atoms with E-state index in [4.69, 9.17) is 0 Å².